The number of fused-ring (bicyclic) bond motifs is 1. The second kappa shape index (κ2) is 5.87. The molecular weight excluding hydrogens is 228 g/mol. The van der Waals surface area contributed by atoms with Crippen molar-refractivity contribution in [2.24, 2.45) is 5.92 Å². The summed E-state index contributed by atoms with van der Waals surface area (Å²) in [6, 6.07) is 0. The SMILES string of the molecule is CCOC(=O)/C=C1\CCC[C@@H]2CCCCC[C@]12O. The number of aliphatic hydroxyl groups is 1. The van der Waals surface area contributed by atoms with Crippen molar-refractivity contribution in [2.45, 2.75) is 63.9 Å². The molecule has 2 fully saturated rings. The minimum Gasteiger partial charge on any atom is -0.463 e. The summed E-state index contributed by atoms with van der Waals surface area (Å²) in [7, 11) is 0. The molecule has 18 heavy (non-hydrogen) atoms. The topological polar surface area (TPSA) is 46.5 Å². The Balaban J connectivity index is 2.20. The van der Waals surface area contributed by atoms with E-state index in [0.29, 0.717) is 12.5 Å². The average molecular weight is 252 g/mol. The van der Waals surface area contributed by atoms with Crippen LogP contribution in [-0.2, 0) is 9.53 Å². The number of ether oxygens (including phenoxy) is 1. The van der Waals surface area contributed by atoms with E-state index in [1.54, 1.807) is 13.0 Å². The molecule has 3 nitrogen and oxygen atoms in total. The number of esters is 1. The first-order valence-electron chi connectivity index (χ1n) is 7.27. The number of carbonyl (C=O) groups is 1. The van der Waals surface area contributed by atoms with Crippen molar-refractivity contribution in [3.8, 4) is 0 Å². The highest BCUT2D eigenvalue weighted by Gasteiger charge is 2.42. The lowest BCUT2D eigenvalue weighted by Gasteiger charge is -2.41. The van der Waals surface area contributed by atoms with Gasteiger partial charge in [0.1, 0.15) is 0 Å². The Morgan fingerprint density at radius 1 is 1.39 bits per heavy atom. The first-order valence-corrected chi connectivity index (χ1v) is 7.27. The van der Waals surface area contributed by atoms with Gasteiger partial charge in [-0.15, -0.1) is 0 Å². The maximum Gasteiger partial charge on any atom is 0.330 e. The summed E-state index contributed by atoms with van der Waals surface area (Å²) >= 11 is 0. The van der Waals surface area contributed by atoms with E-state index >= 15 is 0 Å². The molecule has 1 N–H and O–H groups in total. The van der Waals surface area contributed by atoms with Gasteiger partial charge in [-0.3, -0.25) is 0 Å². The normalized spacial score (nSPS) is 34.8. The van der Waals surface area contributed by atoms with Crippen molar-refractivity contribution >= 4 is 5.97 Å². The van der Waals surface area contributed by atoms with Gasteiger partial charge >= 0.3 is 5.97 Å². The van der Waals surface area contributed by atoms with Gasteiger partial charge in [0.2, 0.25) is 0 Å². The predicted molar refractivity (Wildman–Crippen MR) is 70.1 cm³/mol. The largest absolute Gasteiger partial charge is 0.463 e. The van der Waals surface area contributed by atoms with Crippen molar-refractivity contribution < 1.29 is 14.6 Å². The van der Waals surface area contributed by atoms with E-state index in [-0.39, 0.29) is 5.97 Å². The molecule has 3 heteroatoms. The molecule has 0 aliphatic heterocycles. The van der Waals surface area contributed by atoms with Gasteiger partial charge in [-0.2, -0.15) is 0 Å². The second-order valence-corrected chi connectivity index (χ2v) is 5.53. The molecule has 0 amide bonds. The Kier molecular flexibility index (Phi) is 4.44. The molecule has 0 unspecified atom stereocenters. The van der Waals surface area contributed by atoms with Crippen LogP contribution in [-0.4, -0.2) is 23.3 Å². The van der Waals surface area contributed by atoms with E-state index in [0.717, 1.165) is 44.1 Å². The van der Waals surface area contributed by atoms with Crippen LogP contribution in [0.25, 0.3) is 0 Å². The third kappa shape index (κ3) is 2.77. The van der Waals surface area contributed by atoms with E-state index in [9.17, 15) is 9.90 Å². The molecule has 0 heterocycles. The van der Waals surface area contributed by atoms with Crippen LogP contribution in [0.1, 0.15) is 58.3 Å². The Morgan fingerprint density at radius 3 is 2.94 bits per heavy atom. The van der Waals surface area contributed by atoms with Crippen LogP contribution in [0.4, 0.5) is 0 Å². The van der Waals surface area contributed by atoms with Gasteiger partial charge in [-0.25, -0.2) is 4.79 Å². The molecule has 0 aromatic rings. The molecule has 2 rings (SSSR count). The molecule has 0 saturated heterocycles. The van der Waals surface area contributed by atoms with E-state index in [1.165, 1.54) is 12.8 Å². The Labute approximate surface area is 109 Å². The molecule has 102 valence electrons. The van der Waals surface area contributed by atoms with Crippen molar-refractivity contribution in [3.63, 3.8) is 0 Å². The minimum absolute atomic E-state index is 0.300. The highest BCUT2D eigenvalue weighted by molar-refractivity contribution is 5.83. The molecule has 0 aromatic heterocycles. The maximum absolute atomic E-state index is 11.6. The Morgan fingerprint density at radius 2 is 2.17 bits per heavy atom. The van der Waals surface area contributed by atoms with Gasteiger partial charge in [0, 0.05) is 6.08 Å². The third-order valence-electron chi connectivity index (χ3n) is 4.42. The van der Waals surface area contributed by atoms with Crippen molar-refractivity contribution in [1.82, 2.24) is 0 Å². The van der Waals surface area contributed by atoms with E-state index in [2.05, 4.69) is 0 Å². The van der Waals surface area contributed by atoms with E-state index in [1.807, 2.05) is 0 Å². The fourth-order valence-electron chi connectivity index (χ4n) is 3.49. The van der Waals surface area contributed by atoms with Crippen LogP contribution in [0.2, 0.25) is 0 Å². The summed E-state index contributed by atoms with van der Waals surface area (Å²) in [6.07, 6.45) is 9.94. The van der Waals surface area contributed by atoms with Crippen LogP contribution in [0, 0.1) is 5.92 Å². The molecular formula is C15H24O3. The zero-order valence-electron chi connectivity index (χ0n) is 11.3. The smallest absolute Gasteiger partial charge is 0.330 e. The van der Waals surface area contributed by atoms with Crippen LogP contribution >= 0.6 is 0 Å². The predicted octanol–water partition coefficient (Wildman–Crippen LogP) is 2.97. The van der Waals surface area contributed by atoms with E-state index in [4.69, 9.17) is 4.74 Å². The number of hydrogen-bond donors (Lipinski definition) is 1. The van der Waals surface area contributed by atoms with Crippen molar-refractivity contribution in [3.05, 3.63) is 11.6 Å². The van der Waals surface area contributed by atoms with Gasteiger partial charge in [0.15, 0.2) is 0 Å². The highest BCUT2D eigenvalue weighted by atomic mass is 16.5. The maximum atomic E-state index is 11.6. The summed E-state index contributed by atoms with van der Waals surface area (Å²) in [5.74, 6) is 0.0419. The zero-order valence-corrected chi connectivity index (χ0v) is 11.3. The summed E-state index contributed by atoms with van der Waals surface area (Å²) in [4.78, 5) is 11.6. The molecule has 0 spiro atoms. The molecule has 2 aliphatic carbocycles. The van der Waals surface area contributed by atoms with E-state index < -0.39 is 5.60 Å². The van der Waals surface area contributed by atoms with Gasteiger partial charge < -0.3 is 9.84 Å². The summed E-state index contributed by atoms with van der Waals surface area (Å²) < 4.78 is 4.97. The molecule has 2 saturated carbocycles. The second-order valence-electron chi connectivity index (χ2n) is 5.53. The Hall–Kier alpha value is -0.830. The molecule has 0 radical (unpaired) electrons. The standard InChI is InChI=1S/C15H24O3/c1-2-18-14(16)11-13-9-6-8-12-7-4-3-5-10-15(12,13)17/h11-12,17H,2-10H2,1H3/b13-11+/t12-,15+/m0/s1. The molecule has 2 atom stereocenters. The molecule has 0 aromatic carbocycles. The Bertz CT molecular complexity index is 335. The zero-order chi connectivity index (χ0) is 13.0. The summed E-state index contributed by atoms with van der Waals surface area (Å²) in [5.41, 5.74) is 0.181. The van der Waals surface area contributed by atoms with Crippen LogP contribution in [0.5, 0.6) is 0 Å². The van der Waals surface area contributed by atoms with Crippen molar-refractivity contribution in [1.29, 1.82) is 0 Å². The third-order valence-corrected chi connectivity index (χ3v) is 4.42. The van der Waals surface area contributed by atoms with Crippen molar-refractivity contribution in [2.75, 3.05) is 6.61 Å². The highest BCUT2D eigenvalue weighted by Crippen LogP contribution is 2.45. The fraction of sp³-hybridized carbons (Fsp3) is 0.800. The minimum atomic E-state index is -0.735. The lowest BCUT2D eigenvalue weighted by atomic mass is 9.69. The average Bonchev–Trinajstić information content (AvgIpc) is 2.52. The molecule has 0 bridgehead atoms. The lowest BCUT2D eigenvalue weighted by molar-refractivity contribution is -0.137. The number of hydrogen-bond acceptors (Lipinski definition) is 3. The van der Waals surface area contributed by atoms with Gasteiger partial charge in [0.05, 0.1) is 12.2 Å². The summed E-state index contributed by atoms with van der Waals surface area (Å²) in [5, 5.41) is 11.0. The quantitative estimate of drug-likeness (QED) is 0.607. The molecule has 2 aliphatic rings. The summed E-state index contributed by atoms with van der Waals surface area (Å²) in [6.45, 7) is 2.20. The number of carbonyl (C=O) groups excluding carboxylic acids is 1. The van der Waals surface area contributed by atoms with Gasteiger partial charge in [0.25, 0.3) is 0 Å². The van der Waals surface area contributed by atoms with Crippen LogP contribution < -0.4 is 0 Å². The first-order chi connectivity index (χ1) is 8.66. The van der Waals surface area contributed by atoms with Gasteiger partial charge in [-0.05, 0) is 50.5 Å². The first kappa shape index (κ1) is 13.6. The van der Waals surface area contributed by atoms with Gasteiger partial charge in [-0.1, -0.05) is 19.3 Å². The number of rotatable bonds is 2. The monoisotopic (exact) mass is 252 g/mol. The van der Waals surface area contributed by atoms with Crippen LogP contribution in [0.15, 0.2) is 11.6 Å². The van der Waals surface area contributed by atoms with Crippen LogP contribution in [0.3, 0.4) is 0 Å². The fourth-order valence-corrected chi connectivity index (χ4v) is 3.49. The lowest BCUT2D eigenvalue weighted by Crippen LogP contribution is -2.42.